The van der Waals surface area contributed by atoms with E-state index in [0.29, 0.717) is 18.9 Å². The van der Waals surface area contributed by atoms with Gasteiger partial charge in [0.1, 0.15) is 0 Å². The van der Waals surface area contributed by atoms with Crippen molar-refractivity contribution in [3.63, 3.8) is 0 Å². The lowest BCUT2D eigenvalue weighted by Gasteiger charge is -2.40. The highest BCUT2D eigenvalue weighted by Gasteiger charge is 2.50. The predicted molar refractivity (Wildman–Crippen MR) is 137 cm³/mol. The molecular weight excluding hydrogens is 420 g/mol. The second-order valence-electron chi connectivity index (χ2n) is 10.6. The second-order valence-corrected chi connectivity index (χ2v) is 10.6. The number of piperidine rings is 1. The second kappa shape index (κ2) is 8.21. The van der Waals surface area contributed by atoms with Crippen LogP contribution in [0.2, 0.25) is 0 Å². The Morgan fingerprint density at radius 3 is 2.53 bits per heavy atom. The number of hydrogen-bond donors (Lipinski definition) is 1. The average Bonchev–Trinajstić information content (AvgIpc) is 3.34. The first-order valence-electron chi connectivity index (χ1n) is 12.9. The summed E-state index contributed by atoms with van der Waals surface area (Å²) < 4.78 is 0. The number of aliphatic hydroxyl groups excluding tert-OH is 1. The lowest BCUT2D eigenvalue weighted by molar-refractivity contribution is -0.124. The molecule has 1 fully saturated rings. The summed E-state index contributed by atoms with van der Waals surface area (Å²) >= 11 is 0. The first-order chi connectivity index (χ1) is 16.5. The number of anilines is 1. The summed E-state index contributed by atoms with van der Waals surface area (Å²) in [6.07, 6.45) is 3.74. The van der Waals surface area contributed by atoms with Gasteiger partial charge >= 0.3 is 0 Å². The van der Waals surface area contributed by atoms with Crippen LogP contribution in [-0.2, 0) is 16.6 Å². The largest absolute Gasteiger partial charge is 0.393 e. The van der Waals surface area contributed by atoms with Gasteiger partial charge in [0, 0.05) is 30.9 Å². The van der Waals surface area contributed by atoms with Gasteiger partial charge in [-0.2, -0.15) is 0 Å². The van der Waals surface area contributed by atoms with Gasteiger partial charge in [-0.05, 0) is 72.6 Å². The third-order valence-corrected chi connectivity index (χ3v) is 8.66. The van der Waals surface area contributed by atoms with Crippen LogP contribution in [0.3, 0.4) is 0 Å². The van der Waals surface area contributed by atoms with Crippen LogP contribution in [0.5, 0.6) is 0 Å². The van der Waals surface area contributed by atoms with Crippen LogP contribution in [0.15, 0.2) is 60.7 Å². The Kier molecular flexibility index (Phi) is 5.27. The van der Waals surface area contributed by atoms with E-state index in [1.807, 2.05) is 26.0 Å². The maximum absolute atomic E-state index is 13.8. The van der Waals surface area contributed by atoms with E-state index in [9.17, 15) is 9.90 Å². The number of nitrogens with zero attached hydrogens (tertiary/aromatic N) is 2. The highest BCUT2D eigenvalue weighted by molar-refractivity contribution is 6.08. The Bertz CT molecular complexity index is 1240. The number of rotatable bonds is 5. The zero-order chi connectivity index (χ0) is 23.4. The minimum atomic E-state index is -0.647. The number of fused-ring (bicyclic) bond motifs is 1. The third-order valence-electron chi connectivity index (χ3n) is 8.66. The molecule has 1 N–H and O–H groups in total. The molecule has 1 aliphatic carbocycles. The van der Waals surface area contributed by atoms with Crippen LogP contribution in [0, 0.1) is 0 Å². The van der Waals surface area contributed by atoms with Crippen LogP contribution in [-0.4, -0.2) is 41.1 Å². The van der Waals surface area contributed by atoms with Gasteiger partial charge in [0.15, 0.2) is 0 Å². The van der Waals surface area contributed by atoms with Crippen LogP contribution in [0.4, 0.5) is 5.69 Å². The maximum Gasteiger partial charge on any atom is 0.237 e. The van der Waals surface area contributed by atoms with E-state index >= 15 is 0 Å². The molecule has 0 radical (unpaired) electrons. The van der Waals surface area contributed by atoms with Gasteiger partial charge in [-0.15, -0.1) is 0 Å². The summed E-state index contributed by atoms with van der Waals surface area (Å²) in [5.74, 6) is 0.165. The van der Waals surface area contributed by atoms with Crippen molar-refractivity contribution in [1.29, 1.82) is 0 Å². The number of carbonyl (C=O) groups is 1. The molecule has 176 valence electrons. The molecule has 4 heteroatoms. The number of amides is 1. The van der Waals surface area contributed by atoms with E-state index in [1.165, 1.54) is 21.9 Å². The molecule has 6 rings (SSSR count). The quantitative estimate of drug-likeness (QED) is 0.564. The van der Waals surface area contributed by atoms with Crippen molar-refractivity contribution in [3.05, 3.63) is 77.4 Å². The molecule has 2 heterocycles. The first kappa shape index (κ1) is 21.8. The summed E-state index contributed by atoms with van der Waals surface area (Å²) in [6, 6.07) is 22.3. The summed E-state index contributed by atoms with van der Waals surface area (Å²) in [7, 11) is 0. The molecule has 1 amide bonds. The number of likely N-dealkylation sites (tertiary alicyclic amines) is 1. The van der Waals surface area contributed by atoms with Gasteiger partial charge in [0.05, 0.1) is 11.5 Å². The number of para-hydroxylation sites is 1. The molecule has 4 nitrogen and oxygen atoms in total. The Morgan fingerprint density at radius 1 is 1.03 bits per heavy atom. The van der Waals surface area contributed by atoms with Crippen LogP contribution < -0.4 is 4.90 Å². The summed E-state index contributed by atoms with van der Waals surface area (Å²) in [5.41, 5.74) is 4.42. The fourth-order valence-corrected chi connectivity index (χ4v) is 6.81. The zero-order valence-corrected chi connectivity index (χ0v) is 20.2. The molecule has 2 aliphatic heterocycles. The molecule has 0 bridgehead atoms. The molecular formula is C30H34N2O2. The minimum absolute atomic E-state index is 0.165. The number of hydrogen-bond acceptors (Lipinski definition) is 3. The fourth-order valence-electron chi connectivity index (χ4n) is 6.81. The van der Waals surface area contributed by atoms with Gasteiger partial charge in [-0.3, -0.25) is 9.69 Å². The van der Waals surface area contributed by atoms with Gasteiger partial charge in [-0.1, -0.05) is 61.5 Å². The van der Waals surface area contributed by atoms with Gasteiger partial charge < -0.3 is 10.0 Å². The third kappa shape index (κ3) is 3.23. The highest BCUT2D eigenvalue weighted by Crippen LogP contribution is 2.47. The molecule has 0 saturated carbocycles. The topological polar surface area (TPSA) is 43.8 Å². The van der Waals surface area contributed by atoms with Crippen molar-refractivity contribution >= 4 is 22.4 Å². The molecule has 3 aromatic carbocycles. The average molecular weight is 455 g/mol. The fraction of sp³-hybridized carbons (Fsp3) is 0.433. The van der Waals surface area contributed by atoms with E-state index in [2.05, 4.69) is 58.3 Å². The number of benzene rings is 3. The molecule has 34 heavy (non-hydrogen) atoms. The lowest BCUT2D eigenvalue weighted by atomic mass is 9.78. The monoisotopic (exact) mass is 454 g/mol. The minimum Gasteiger partial charge on any atom is -0.393 e. The first-order valence-corrected chi connectivity index (χ1v) is 12.9. The van der Waals surface area contributed by atoms with Crippen molar-refractivity contribution in [2.45, 2.75) is 69.6 Å². The molecule has 3 aromatic rings. The Balaban J connectivity index is 1.23. The van der Waals surface area contributed by atoms with Crippen molar-refractivity contribution in [3.8, 4) is 0 Å². The number of aliphatic hydroxyl groups is 1. The van der Waals surface area contributed by atoms with Crippen LogP contribution in [0.25, 0.3) is 10.8 Å². The van der Waals surface area contributed by atoms with Crippen molar-refractivity contribution in [1.82, 2.24) is 4.90 Å². The molecule has 3 atom stereocenters. The Labute approximate surface area is 202 Å². The van der Waals surface area contributed by atoms with Crippen molar-refractivity contribution < 1.29 is 9.90 Å². The lowest BCUT2D eigenvalue weighted by Crippen LogP contribution is -2.50. The highest BCUT2D eigenvalue weighted by atomic mass is 16.3. The summed E-state index contributed by atoms with van der Waals surface area (Å²) in [5, 5.41) is 13.2. The van der Waals surface area contributed by atoms with Gasteiger partial charge in [0.25, 0.3) is 0 Å². The molecule has 3 aliphatic rings. The predicted octanol–water partition coefficient (Wildman–Crippen LogP) is 5.37. The SMILES string of the molecule is CCC(O)CC1(C)C(=O)N(C2CCN(C3Cc4cccc5cccc3c45)CC2)c2ccccc21. The normalized spacial score (nSPS) is 25.8. The molecule has 3 unspecified atom stereocenters. The van der Waals surface area contributed by atoms with Crippen molar-refractivity contribution in [2.24, 2.45) is 0 Å². The Hall–Kier alpha value is -2.69. The smallest absolute Gasteiger partial charge is 0.237 e. The summed E-state index contributed by atoms with van der Waals surface area (Å²) in [4.78, 5) is 18.6. The number of carbonyl (C=O) groups excluding carboxylic acids is 1. The zero-order valence-electron chi connectivity index (χ0n) is 20.2. The van der Waals surface area contributed by atoms with Crippen molar-refractivity contribution in [2.75, 3.05) is 18.0 Å². The van der Waals surface area contributed by atoms with E-state index in [0.717, 1.165) is 43.6 Å². The van der Waals surface area contributed by atoms with Gasteiger partial charge in [0.2, 0.25) is 5.91 Å². The molecule has 1 saturated heterocycles. The van der Waals surface area contributed by atoms with E-state index in [4.69, 9.17) is 0 Å². The van der Waals surface area contributed by atoms with E-state index in [-0.39, 0.29) is 11.9 Å². The summed E-state index contributed by atoms with van der Waals surface area (Å²) in [6.45, 7) is 6.01. The van der Waals surface area contributed by atoms with E-state index in [1.54, 1.807) is 0 Å². The molecule has 0 spiro atoms. The van der Waals surface area contributed by atoms with Gasteiger partial charge in [-0.25, -0.2) is 0 Å². The van der Waals surface area contributed by atoms with Crippen LogP contribution >= 0.6 is 0 Å². The molecule has 0 aromatic heterocycles. The maximum atomic E-state index is 13.8. The van der Waals surface area contributed by atoms with E-state index < -0.39 is 11.5 Å². The van der Waals surface area contributed by atoms with Crippen LogP contribution in [0.1, 0.15) is 62.3 Å². The standard InChI is InChI=1S/C30H34N2O2/c1-3-23(33)19-30(2)25-12-4-5-13-26(25)32(29(30)34)22-14-16-31(17-15-22)27-18-21-10-6-8-20-9-7-11-24(27)28(20)21/h4-13,22-23,27,33H,3,14-19H2,1-2H3. The Morgan fingerprint density at radius 2 is 1.76 bits per heavy atom.